The molecule has 0 aromatic rings. The molecule has 0 saturated heterocycles. The van der Waals surface area contributed by atoms with E-state index in [1.165, 1.54) is 19.1 Å². The van der Waals surface area contributed by atoms with Gasteiger partial charge >= 0.3 is 0 Å². The molecule has 0 aliphatic heterocycles. The van der Waals surface area contributed by atoms with Crippen molar-refractivity contribution in [3.05, 3.63) is 24.5 Å². The lowest BCUT2D eigenvalue weighted by Gasteiger charge is -1.70. The Hall–Kier alpha value is -0.720. The molecule has 0 N–H and O–H groups in total. The fourth-order valence-electron chi connectivity index (χ4n) is 0.166. The van der Waals surface area contributed by atoms with Crippen LogP contribution in [0.1, 0.15) is 6.92 Å². The van der Waals surface area contributed by atoms with Gasteiger partial charge in [-0.3, -0.25) is 5.11 Å². The molecule has 1 nitrogen and oxygen atoms in total. The highest BCUT2D eigenvalue weighted by Crippen LogP contribution is 1.82. The smallest absolute Gasteiger partial charge is 0.152 e. The van der Waals surface area contributed by atoms with E-state index in [1.807, 2.05) is 0 Å². The SMILES string of the molecule is C=C/C=C(/C)[O]. The summed E-state index contributed by atoms with van der Waals surface area (Å²) in [5, 5.41) is 9.92. The van der Waals surface area contributed by atoms with Gasteiger partial charge < -0.3 is 0 Å². The Morgan fingerprint density at radius 1 is 1.83 bits per heavy atom. The molecular weight excluding hydrogens is 76.1 g/mol. The molecule has 0 amide bonds. The Balaban J connectivity index is 3.41. The molecule has 0 heterocycles. The Morgan fingerprint density at radius 2 is 2.33 bits per heavy atom. The lowest BCUT2D eigenvalue weighted by molar-refractivity contribution is 0.300. The van der Waals surface area contributed by atoms with E-state index >= 15 is 0 Å². The molecule has 0 atom stereocenters. The van der Waals surface area contributed by atoms with Crippen molar-refractivity contribution in [1.29, 1.82) is 0 Å². The van der Waals surface area contributed by atoms with Gasteiger partial charge in [0.05, 0.1) is 0 Å². The highest BCUT2D eigenvalue weighted by atomic mass is 16.3. The largest absolute Gasteiger partial charge is 0.295 e. The standard InChI is InChI=1S/C5H7O/c1-3-4-5(2)6/h3-4H,1H2,2H3/b5-4-. The number of hydrogen-bond donors (Lipinski definition) is 0. The Kier molecular flexibility index (Phi) is 2.21. The van der Waals surface area contributed by atoms with Crippen molar-refractivity contribution in [2.24, 2.45) is 0 Å². The first-order chi connectivity index (χ1) is 2.77. The van der Waals surface area contributed by atoms with Crippen molar-refractivity contribution in [2.75, 3.05) is 0 Å². The maximum atomic E-state index is 9.92. The second-order valence-electron chi connectivity index (χ2n) is 1.01. The number of rotatable bonds is 1. The molecule has 0 unspecified atom stereocenters. The summed E-state index contributed by atoms with van der Waals surface area (Å²) in [5.74, 6) is 0.0463. The third-order valence-corrected chi connectivity index (χ3v) is 0.353. The lowest BCUT2D eigenvalue weighted by atomic mass is 10.5. The summed E-state index contributed by atoms with van der Waals surface area (Å²) in [4.78, 5) is 0. The number of allylic oxidation sites excluding steroid dienone is 3. The van der Waals surface area contributed by atoms with Crippen LogP contribution in [0.5, 0.6) is 0 Å². The summed E-state index contributed by atoms with van der Waals surface area (Å²) in [7, 11) is 0. The quantitative estimate of drug-likeness (QED) is 0.338. The highest BCUT2D eigenvalue weighted by Gasteiger charge is 1.71. The van der Waals surface area contributed by atoms with E-state index < -0.39 is 0 Å². The van der Waals surface area contributed by atoms with Crippen LogP contribution in [0.25, 0.3) is 0 Å². The van der Waals surface area contributed by atoms with Gasteiger partial charge in [-0.25, -0.2) is 0 Å². The summed E-state index contributed by atoms with van der Waals surface area (Å²) < 4.78 is 0. The van der Waals surface area contributed by atoms with Gasteiger partial charge in [0.15, 0.2) is 5.76 Å². The molecule has 0 bridgehead atoms. The topological polar surface area (TPSA) is 19.9 Å². The van der Waals surface area contributed by atoms with E-state index in [0.717, 1.165) is 0 Å². The summed E-state index contributed by atoms with van der Waals surface area (Å²) in [6.45, 7) is 4.81. The molecule has 0 rings (SSSR count). The highest BCUT2D eigenvalue weighted by molar-refractivity contribution is 4.99. The molecule has 1 heteroatoms. The van der Waals surface area contributed by atoms with Crippen LogP contribution in [-0.4, -0.2) is 0 Å². The summed E-state index contributed by atoms with van der Waals surface area (Å²) >= 11 is 0. The Bertz CT molecular complexity index is 68.0. The van der Waals surface area contributed by atoms with Crippen molar-refractivity contribution in [3.63, 3.8) is 0 Å². The second kappa shape index (κ2) is 2.51. The molecule has 0 aromatic carbocycles. The van der Waals surface area contributed by atoms with E-state index in [9.17, 15) is 5.11 Å². The summed E-state index contributed by atoms with van der Waals surface area (Å²) in [6.07, 6.45) is 2.89. The van der Waals surface area contributed by atoms with Crippen LogP contribution in [0.2, 0.25) is 0 Å². The predicted molar refractivity (Wildman–Crippen MR) is 24.6 cm³/mol. The molecular formula is C5H7O. The second-order valence-corrected chi connectivity index (χ2v) is 1.01. The van der Waals surface area contributed by atoms with Gasteiger partial charge in [0.2, 0.25) is 0 Å². The first kappa shape index (κ1) is 5.28. The summed E-state index contributed by atoms with van der Waals surface area (Å²) in [5.41, 5.74) is 0. The predicted octanol–water partition coefficient (Wildman–Crippen LogP) is 1.51. The zero-order chi connectivity index (χ0) is 4.99. The third-order valence-electron chi connectivity index (χ3n) is 0.353. The first-order valence-electron chi connectivity index (χ1n) is 1.73. The molecule has 1 radical (unpaired) electrons. The molecule has 33 valence electrons. The van der Waals surface area contributed by atoms with Crippen molar-refractivity contribution >= 4 is 0 Å². The van der Waals surface area contributed by atoms with E-state index in [1.54, 1.807) is 0 Å². The fraction of sp³-hybridized carbons (Fsp3) is 0.200. The van der Waals surface area contributed by atoms with Crippen molar-refractivity contribution in [2.45, 2.75) is 6.92 Å². The van der Waals surface area contributed by atoms with Crippen molar-refractivity contribution in [1.82, 2.24) is 0 Å². The molecule has 0 aliphatic rings. The zero-order valence-corrected chi connectivity index (χ0v) is 3.77. The van der Waals surface area contributed by atoms with E-state index in [4.69, 9.17) is 0 Å². The van der Waals surface area contributed by atoms with Crippen molar-refractivity contribution < 1.29 is 5.11 Å². The average Bonchev–Trinajstić information content (AvgIpc) is 1.35. The minimum Gasteiger partial charge on any atom is -0.295 e. The fourth-order valence-corrected chi connectivity index (χ4v) is 0.166. The van der Waals surface area contributed by atoms with E-state index in [-0.39, 0.29) is 5.76 Å². The maximum Gasteiger partial charge on any atom is 0.152 e. The molecule has 0 spiro atoms. The number of hydrogen-bond acceptors (Lipinski definition) is 0. The summed E-state index contributed by atoms with van der Waals surface area (Å²) in [6, 6.07) is 0. The molecule has 6 heavy (non-hydrogen) atoms. The molecule has 0 saturated carbocycles. The van der Waals surface area contributed by atoms with Crippen LogP contribution >= 0.6 is 0 Å². The van der Waals surface area contributed by atoms with Gasteiger partial charge in [0.1, 0.15) is 0 Å². The van der Waals surface area contributed by atoms with Crippen LogP contribution < -0.4 is 0 Å². The van der Waals surface area contributed by atoms with Crippen LogP contribution in [0.15, 0.2) is 24.5 Å². The zero-order valence-electron chi connectivity index (χ0n) is 3.77. The Morgan fingerprint density at radius 3 is 2.33 bits per heavy atom. The minimum atomic E-state index is 0.0463. The normalized spacial score (nSPS) is 11.2. The lowest BCUT2D eigenvalue weighted by Crippen LogP contribution is -1.58. The van der Waals surface area contributed by atoms with Crippen LogP contribution in [0, 0.1) is 0 Å². The monoisotopic (exact) mass is 83.0 g/mol. The molecule has 0 aliphatic carbocycles. The average molecular weight is 83.1 g/mol. The van der Waals surface area contributed by atoms with Crippen LogP contribution in [0.4, 0.5) is 0 Å². The molecule has 0 fully saturated rings. The van der Waals surface area contributed by atoms with Gasteiger partial charge in [-0.2, -0.15) is 0 Å². The third kappa shape index (κ3) is 3.28. The van der Waals surface area contributed by atoms with Gasteiger partial charge in [-0.05, 0) is 13.0 Å². The van der Waals surface area contributed by atoms with Gasteiger partial charge in [-0.1, -0.05) is 12.7 Å². The van der Waals surface area contributed by atoms with E-state index in [2.05, 4.69) is 6.58 Å². The van der Waals surface area contributed by atoms with Gasteiger partial charge in [0, 0.05) is 0 Å². The minimum absolute atomic E-state index is 0.0463. The van der Waals surface area contributed by atoms with Gasteiger partial charge in [0.25, 0.3) is 0 Å². The van der Waals surface area contributed by atoms with Crippen LogP contribution in [0.3, 0.4) is 0 Å². The first-order valence-corrected chi connectivity index (χ1v) is 1.73. The van der Waals surface area contributed by atoms with Crippen LogP contribution in [-0.2, 0) is 5.11 Å². The maximum absolute atomic E-state index is 9.92. The molecule has 0 aromatic heterocycles. The van der Waals surface area contributed by atoms with Crippen molar-refractivity contribution in [3.8, 4) is 0 Å². The van der Waals surface area contributed by atoms with Gasteiger partial charge in [-0.15, -0.1) is 0 Å². The Labute approximate surface area is 37.6 Å². The van der Waals surface area contributed by atoms with E-state index in [0.29, 0.717) is 0 Å².